The molecule has 86 valence electrons. The van der Waals surface area contributed by atoms with Gasteiger partial charge in [-0.3, -0.25) is 4.79 Å². The van der Waals surface area contributed by atoms with E-state index in [4.69, 9.17) is 4.74 Å². The highest BCUT2D eigenvalue weighted by atomic mass is 16.5. The molecule has 2 rings (SSSR count). The van der Waals surface area contributed by atoms with Crippen molar-refractivity contribution in [3.8, 4) is 5.88 Å². The van der Waals surface area contributed by atoms with Crippen molar-refractivity contribution in [1.82, 2.24) is 15.3 Å². The van der Waals surface area contributed by atoms with Crippen molar-refractivity contribution in [3.05, 3.63) is 12.4 Å². The van der Waals surface area contributed by atoms with Gasteiger partial charge in [0, 0.05) is 18.7 Å². The van der Waals surface area contributed by atoms with E-state index in [1.54, 1.807) is 13.2 Å². The van der Waals surface area contributed by atoms with Gasteiger partial charge in [-0.05, 0) is 6.92 Å². The topological polar surface area (TPSA) is 67.3 Å². The number of amides is 1. The van der Waals surface area contributed by atoms with Gasteiger partial charge in [-0.2, -0.15) is 0 Å². The van der Waals surface area contributed by atoms with Crippen molar-refractivity contribution >= 4 is 11.7 Å². The number of hydrogen-bond acceptors (Lipinski definition) is 5. The normalized spacial score (nSPS) is 20.5. The van der Waals surface area contributed by atoms with E-state index in [0.717, 1.165) is 6.54 Å². The average Bonchev–Trinajstić information content (AvgIpc) is 2.28. The van der Waals surface area contributed by atoms with Crippen molar-refractivity contribution < 1.29 is 9.53 Å². The third kappa shape index (κ3) is 2.21. The molecule has 1 fully saturated rings. The van der Waals surface area contributed by atoms with Crippen LogP contribution in [0.25, 0.3) is 0 Å². The second-order valence-corrected chi connectivity index (χ2v) is 3.77. The molecule has 1 aliphatic heterocycles. The predicted molar refractivity (Wildman–Crippen MR) is 58.4 cm³/mol. The smallest absolute Gasteiger partial charge is 0.239 e. The molecule has 6 nitrogen and oxygen atoms in total. The van der Waals surface area contributed by atoms with Crippen LogP contribution in [0.2, 0.25) is 0 Å². The molecule has 0 radical (unpaired) electrons. The number of methoxy groups -OCH3 is 1. The number of aromatic nitrogens is 2. The summed E-state index contributed by atoms with van der Waals surface area (Å²) in [7, 11) is 1.55. The molecule has 1 aliphatic rings. The van der Waals surface area contributed by atoms with E-state index in [1.165, 1.54) is 6.33 Å². The molecule has 1 unspecified atom stereocenters. The minimum atomic E-state index is 0.0105. The van der Waals surface area contributed by atoms with Crippen molar-refractivity contribution in [2.75, 3.05) is 25.1 Å². The average molecular weight is 222 g/mol. The van der Waals surface area contributed by atoms with Crippen LogP contribution in [0.15, 0.2) is 12.4 Å². The van der Waals surface area contributed by atoms with E-state index in [0.29, 0.717) is 18.2 Å². The Hall–Kier alpha value is -1.85. The fourth-order valence-electron chi connectivity index (χ4n) is 1.72. The first-order valence-corrected chi connectivity index (χ1v) is 5.09. The summed E-state index contributed by atoms with van der Waals surface area (Å²) in [5.74, 6) is 1.23. The number of carbonyl (C=O) groups is 1. The molecule has 0 saturated carbocycles. The zero-order valence-electron chi connectivity index (χ0n) is 9.30. The Labute approximate surface area is 93.6 Å². The Balaban J connectivity index is 2.19. The van der Waals surface area contributed by atoms with Crippen LogP contribution in [0, 0.1) is 0 Å². The largest absolute Gasteiger partial charge is 0.481 e. The molecule has 0 aromatic carbocycles. The Kier molecular flexibility index (Phi) is 2.89. The number of hydrogen-bond donors (Lipinski definition) is 1. The Morgan fingerprint density at radius 3 is 3.06 bits per heavy atom. The highest BCUT2D eigenvalue weighted by Crippen LogP contribution is 2.16. The highest BCUT2D eigenvalue weighted by Gasteiger charge is 2.22. The predicted octanol–water partition coefficient (Wildman–Crippen LogP) is -0.190. The summed E-state index contributed by atoms with van der Waals surface area (Å²) >= 11 is 0. The molecule has 1 N–H and O–H groups in total. The van der Waals surface area contributed by atoms with E-state index >= 15 is 0 Å². The lowest BCUT2D eigenvalue weighted by atomic mass is 10.2. The summed E-state index contributed by atoms with van der Waals surface area (Å²) in [5.41, 5.74) is 0. The number of nitrogens with one attached hydrogen (secondary N) is 1. The van der Waals surface area contributed by atoms with E-state index < -0.39 is 0 Å². The monoisotopic (exact) mass is 222 g/mol. The Morgan fingerprint density at radius 1 is 1.56 bits per heavy atom. The van der Waals surface area contributed by atoms with Crippen LogP contribution in [0.4, 0.5) is 5.82 Å². The van der Waals surface area contributed by atoms with Gasteiger partial charge in [-0.15, -0.1) is 0 Å². The molecule has 2 heterocycles. The molecular weight excluding hydrogens is 208 g/mol. The fourth-order valence-corrected chi connectivity index (χ4v) is 1.72. The summed E-state index contributed by atoms with van der Waals surface area (Å²) in [6.07, 6.45) is 1.44. The third-order valence-corrected chi connectivity index (χ3v) is 2.40. The maximum atomic E-state index is 11.4. The molecule has 6 heteroatoms. The van der Waals surface area contributed by atoms with E-state index in [9.17, 15) is 4.79 Å². The first kappa shape index (κ1) is 10.7. The molecule has 1 saturated heterocycles. The van der Waals surface area contributed by atoms with Crippen LogP contribution in [-0.2, 0) is 4.79 Å². The summed E-state index contributed by atoms with van der Waals surface area (Å²) in [6.45, 7) is 3.03. The maximum absolute atomic E-state index is 11.4. The number of ether oxygens (including phenoxy) is 1. The Morgan fingerprint density at radius 2 is 2.38 bits per heavy atom. The van der Waals surface area contributed by atoms with Crippen molar-refractivity contribution in [2.45, 2.75) is 13.0 Å². The van der Waals surface area contributed by atoms with Crippen molar-refractivity contribution in [1.29, 1.82) is 0 Å². The van der Waals surface area contributed by atoms with Gasteiger partial charge in [0.15, 0.2) is 0 Å². The summed E-state index contributed by atoms with van der Waals surface area (Å²) in [6, 6.07) is 1.85. The number of rotatable bonds is 2. The SMILES string of the molecule is COc1cc(N2CC(=O)NC(C)C2)ncn1. The van der Waals surface area contributed by atoms with Crippen molar-refractivity contribution in [3.63, 3.8) is 0 Å². The van der Waals surface area contributed by atoms with E-state index in [-0.39, 0.29) is 11.9 Å². The zero-order chi connectivity index (χ0) is 11.5. The first-order chi connectivity index (χ1) is 7.69. The van der Waals surface area contributed by atoms with Gasteiger partial charge in [-0.25, -0.2) is 9.97 Å². The molecule has 1 aromatic rings. The van der Waals surface area contributed by atoms with Crippen LogP contribution in [-0.4, -0.2) is 42.1 Å². The standard InChI is InChI=1S/C10H14N4O2/c1-7-4-14(5-9(15)13-7)8-3-10(16-2)12-6-11-8/h3,6-7H,4-5H2,1-2H3,(H,13,15). The van der Waals surface area contributed by atoms with Gasteiger partial charge in [0.25, 0.3) is 0 Å². The van der Waals surface area contributed by atoms with Crippen molar-refractivity contribution in [2.24, 2.45) is 0 Å². The van der Waals surface area contributed by atoms with Gasteiger partial charge >= 0.3 is 0 Å². The highest BCUT2D eigenvalue weighted by molar-refractivity contribution is 5.82. The number of nitrogens with zero attached hydrogens (tertiary/aromatic N) is 3. The molecule has 0 spiro atoms. The lowest BCUT2D eigenvalue weighted by molar-refractivity contribution is -0.121. The fraction of sp³-hybridized carbons (Fsp3) is 0.500. The summed E-state index contributed by atoms with van der Waals surface area (Å²) < 4.78 is 5.02. The number of piperazine rings is 1. The number of carbonyl (C=O) groups excluding carboxylic acids is 1. The molecule has 0 bridgehead atoms. The van der Waals surface area contributed by atoms with Gasteiger partial charge in [0.05, 0.1) is 13.7 Å². The van der Waals surface area contributed by atoms with Gasteiger partial charge in [0.1, 0.15) is 12.1 Å². The van der Waals surface area contributed by atoms with Gasteiger partial charge in [0.2, 0.25) is 11.8 Å². The second kappa shape index (κ2) is 4.34. The zero-order valence-corrected chi connectivity index (χ0v) is 9.30. The number of anilines is 1. The van der Waals surface area contributed by atoms with Gasteiger partial charge in [-0.1, -0.05) is 0 Å². The van der Waals surface area contributed by atoms with Crippen LogP contribution in [0.1, 0.15) is 6.92 Å². The van der Waals surface area contributed by atoms with E-state index in [1.807, 2.05) is 11.8 Å². The third-order valence-electron chi connectivity index (χ3n) is 2.40. The van der Waals surface area contributed by atoms with Crippen LogP contribution < -0.4 is 15.0 Å². The van der Waals surface area contributed by atoms with Gasteiger partial charge < -0.3 is 15.0 Å². The Bertz CT molecular complexity index is 396. The second-order valence-electron chi connectivity index (χ2n) is 3.77. The van der Waals surface area contributed by atoms with Crippen LogP contribution in [0.5, 0.6) is 5.88 Å². The minimum absolute atomic E-state index is 0.0105. The maximum Gasteiger partial charge on any atom is 0.239 e. The molecule has 1 amide bonds. The summed E-state index contributed by atoms with van der Waals surface area (Å²) in [5, 5.41) is 2.85. The van der Waals surface area contributed by atoms with Crippen LogP contribution >= 0.6 is 0 Å². The minimum Gasteiger partial charge on any atom is -0.481 e. The molecular formula is C10H14N4O2. The van der Waals surface area contributed by atoms with E-state index in [2.05, 4.69) is 15.3 Å². The van der Waals surface area contributed by atoms with Crippen LogP contribution in [0.3, 0.4) is 0 Å². The lowest BCUT2D eigenvalue weighted by Gasteiger charge is -2.31. The lowest BCUT2D eigenvalue weighted by Crippen LogP contribution is -2.53. The quantitative estimate of drug-likeness (QED) is 0.751. The molecule has 0 aliphatic carbocycles. The first-order valence-electron chi connectivity index (χ1n) is 5.09. The summed E-state index contributed by atoms with van der Waals surface area (Å²) in [4.78, 5) is 21.4. The molecule has 1 atom stereocenters. The molecule has 16 heavy (non-hydrogen) atoms. The molecule has 1 aromatic heterocycles.